The number of fused-ring (bicyclic) bond motifs is 4. The Balaban J connectivity index is 1.56. The number of benzene rings is 9. The summed E-state index contributed by atoms with van der Waals surface area (Å²) in [5.74, 6) is 0. The van der Waals surface area contributed by atoms with Gasteiger partial charge in [0.2, 0.25) is 0 Å². The second kappa shape index (κ2) is 10.9. The molecule has 0 heteroatoms. The average Bonchev–Trinajstić information content (AvgIpc) is 3.29. The monoisotopic (exact) mass is 600 g/mol. The molecule has 0 unspecified atom stereocenters. The van der Waals surface area contributed by atoms with Crippen LogP contribution in [-0.4, -0.2) is 0 Å². The minimum Gasteiger partial charge on any atom is -0.0622 e. The van der Waals surface area contributed by atoms with Gasteiger partial charge >= 0.3 is 0 Å². The van der Waals surface area contributed by atoms with Crippen molar-refractivity contribution in [2.75, 3.05) is 0 Å². The van der Waals surface area contributed by atoms with Gasteiger partial charge in [0.05, 0.1) is 24.7 Å². The molecular weight excluding hydrogens is 553 g/mol. The molecule has 9 aromatic carbocycles. The van der Waals surface area contributed by atoms with Gasteiger partial charge in [0.15, 0.2) is 0 Å². The molecule has 0 N–H and O–H groups in total. The van der Waals surface area contributed by atoms with Gasteiger partial charge in [0, 0.05) is 0 Å². The van der Waals surface area contributed by atoms with Gasteiger partial charge in [-0.3, -0.25) is 0 Å². The van der Waals surface area contributed by atoms with Crippen LogP contribution >= 0.6 is 0 Å². The molecule has 0 atom stereocenters. The Morgan fingerprint density at radius 1 is 0.326 bits per heavy atom. The maximum absolute atomic E-state index is 9.97. The molecule has 0 amide bonds. The van der Waals surface area contributed by atoms with Crippen molar-refractivity contribution in [3.8, 4) is 44.5 Å². The van der Waals surface area contributed by atoms with E-state index in [2.05, 4.69) is 0 Å². The van der Waals surface area contributed by atoms with Crippen molar-refractivity contribution in [1.82, 2.24) is 0 Å². The van der Waals surface area contributed by atoms with E-state index in [4.69, 9.17) is 16.4 Å². The van der Waals surface area contributed by atoms with Crippen molar-refractivity contribution in [3.63, 3.8) is 0 Å². The summed E-state index contributed by atoms with van der Waals surface area (Å²) in [6.07, 6.45) is 0. The van der Waals surface area contributed by atoms with Crippen molar-refractivity contribution in [3.05, 3.63) is 182 Å². The normalized spacial score (nSPS) is 17.0. The fraction of sp³-hybridized carbons (Fsp3) is 0. The Bertz CT molecular complexity index is 3550. The predicted octanol–water partition coefficient (Wildman–Crippen LogP) is 13.0. The molecule has 0 bridgehead atoms. The van der Waals surface area contributed by atoms with E-state index in [1.807, 2.05) is 42.5 Å². The lowest BCUT2D eigenvalue weighted by molar-refractivity contribution is 1.62. The number of hydrogen-bond acceptors (Lipinski definition) is 0. The molecule has 0 nitrogen and oxygen atoms in total. The highest BCUT2D eigenvalue weighted by molar-refractivity contribution is 6.24. The Morgan fingerprint density at radius 3 is 1.80 bits per heavy atom. The average molecular weight is 601 g/mol. The van der Waals surface area contributed by atoms with Crippen LogP contribution in [0.4, 0.5) is 0 Å². The lowest BCUT2D eigenvalue weighted by Crippen LogP contribution is -1.92. The SMILES string of the molecule is [2H]c1cc2c([2H])c([2H])c([2H])c([2H])c2c(-c2c3c([2H])c([2H])c([2H])c([2H])c3c(-c3ccc(-c4ccc5ccccc5c4)cc3)c3c([2H])c([2H])c(-c4c([2H])c([2H])c([2H])c([2H])c4[2H])c([2H])c23)c1[2H]. The third-order valence-corrected chi connectivity index (χ3v) is 8.14. The summed E-state index contributed by atoms with van der Waals surface area (Å²) in [4.78, 5) is 0. The first kappa shape index (κ1) is 14.0. The van der Waals surface area contributed by atoms with Crippen molar-refractivity contribution in [2.45, 2.75) is 0 Å². The van der Waals surface area contributed by atoms with Crippen LogP contribution in [0.5, 0.6) is 0 Å². The molecule has 0 heterocycles. The highest BCUT2D eigenvalue weighted by atomic mass is 14.2. The van der Waals surface area contributed by atoms with Gasteiger partial charge in [-0.1, -0.05) is 169 Å². The van der Waals surface area contributed by atoms with Gasteiger partial charge in [-0.15, -0.1) is 0 Å². The Morgan fingerprint density at radius 2 is 0.978 bits per heavy atom. The van der Waals surface area contributed by atoms with Crippen LogP contribution < -0.4 is 0 Å². The van der Waals surface area contributed by atoms with Crippen LogP contribution in [0.1, 0.15) is 24.7 Å². The summed E-state index contributed by atoms with van der Waals surface area (Å²) in [5, 5.41) is 0.223. The summed E-state index contributed by atoms with van der Waals surface area (Å²) in [6.45, 7) is 0. The molecule has 9 rings (SSSR count). The first-order valence-electron chi connectivity index (χ1n) is 23.5. The van der Waals surface area contributed by atoms with Gasteiger partial charge in [-0.2, -0.15) is 0 Å². The topological polar surface area (TPSA) is 0 Å². The summed E-state index contributed by atoms with van der Waals surface area (Å²) in [6, 6.07) is 8.89. The molecular formula is C46H30. The van der Waals surface area contributed by atoms with Gasteiger partial charge in [0.25, 0.3) is 0 Å². The van der Waals surface area contributed by atoms with E-state index in [9.17, 15) is 8.22 Å². The van der Waals surface area contributed by atoms with E-state index in [0.717, 1.165) is 28.0 Å². The van der Waals surface area contributed by atoms with Crippen molar-refractivity contribution >= 4 is 43.1 Å². The highest BCUT2D eigenvalue weighted by Gasteiger charge is 2.19. The van der Waals surface area contributed by atoms with E-state index in [0.29, 0.717) is 0 Å². The quantitative estimate of drug-likeness (QED) is 0.176. The first-order chi connectivity index (χ1) is 30.3. The molecule has 0 aliphatic heterocycles. The van der Waals surface area contributed by atoms with Gasteiger partial charge < -0.3 is 0 Å². The molecule has 0 aliphatic rings. The van der Waals surface area contributed by atoms with Crippen molar-refractivity contribution in [2.24, 2.45) is 0 Å². The number of hydrogen-bond donors (Lipinski definition) is 0. The van der Waals surface area contributed by atoms with Crippen molar-refractivity contribution < 1.29 is 24.7 Å². The van der Waals surface area contributed by atoms with E-state index in [-0.39, 0.29) is 43.4 Å². The molecule has 0 saturated heterocycles. The zero-order chi connectivity index (χ0) is 46.1. The Labute approximate surface area is 294 Å². The van der Waals surface area contributed by atoms with E-state index in [1.165, 1.54) is 0 Å². The third kappa shape index (κ3) is 4.38. The zero-order valence-corrected chi connectivity index (χ0v) is 23.9. The minimum absolute atomic E-state index is 0.0369. The van der Waals surface area contributed by atoms with Crippen molar-refractivity contribution in [1.29, 1.82) is 0 Å². The molecule has 46 heavy (non-hydrogen) atoms. The fourth-order valence-electron chi connectivity index (χ4n) is 6.01. The smallest absolute Gasteiger partial charge is 0.0622 e. The molecule has 0 aliphatic carbocycles. The fourth-order valence-corrected chi connectivity index (χ4v) is 6.01. The molecule has 0 radical (unpaired) electrons. The van der Waals surface area contributed by atoms with Crippen LogP contribution in [0.25, 0.3) is 87.6 Å². The standard InChI is InChI=1S/C46H30/c1-2-11-31(12-3-1)38-27-28-43-44(30-38)46(40-20-10-16-34-14-6-7-17-39(34)40)42-19-9-8-18-41(42)45(43)35-24-21-33(22-25-35)37-26-23-32-13-4-5-15-36(32)29-37/h1-30H/i1D,2D,3D,6D,7D,8D,9D,10D,11D,12D,14D,17D,18D,19D,20D,27D,28D,30D. The largest absolute Gasteiger partial charge is 0.0636 e. The summed E-state index contributed by atoms with van der Waals surface area (Å²) >= 11 is 0. The maximum Gasteiger partial charge on any atom is 0.0636 e. The molecule has 0 fully saturated rings. The molecule has 0 spiro atoms. The van der Waals surface area contributed by atoms with Gasteiger partial charge in [-0.05, 0) is 99.7 Å². The second-order valence-corrected chi connectivity index (χ2v) is 10.7. The van der Waals surface area contributed by atoms with Gasteiger partial charge in [-0.25, -0.2) is 0 Å². The lowest BCUT2D eigenvalue weighted by Gasteiger charge is -2.20. The number of rotatable bonds is 4. The summed E-state index contributed by atoms with van der Waals surface area (Å²) < 4.78 is 162. The van der Waals surface area contributed by atoms with E-state index >= 15 is 0 Å². The Hall–Kier alpha value is -5.98. The second-order valence-electron chi connectivity index (χ2n) is 10.7. The van der Waals surface area contributed by atoms with Gasteiger partial charge in [0.1, 0.15) is 0 Å². The first-order valence-corrected chi connectivity index (χ1v) is 14.5. The Kier molecular flexibility index (Phi) is 3.30. The van der Waals surface area contributed by atoms with Crippen LogP contribution in [0, 0.1) is 0 Å². The van der Waals surface area contributed by atoms with Crippen LogP contribution in [0.15, 0.2) is 182 Å². The lowest BCUT2D eigenvalue weighted by atomic mass is 9.83. The van der Waals surface area contributed by atoms with E-state index < -0.39 is 131 Å². The zero-order valence-electron chi connectivity index (χ0n) is 41.9. The predicted molar refractivity (Wildman–Crippen MR) is 198 cm³/mol. The molecule has 0 saturated carbocycles. The van der Waals surface area contributed by atoms with E-state index in [1.54, 1.807) is 24.3 Å². The maximum atomic E-state index is 9.97. The van der Waals surface area contributed by atoms with Crippen LogP contribution in [0.3, 0.4) is 0 Å². The van der Waals surface area contributed by atoms with Crippen LogP contribution in [-0.2, 0) is 0 Å². The minimum atomic E-state index is -0.797. The molecule has 0 aromatic heterocycles. The molecule has 9 aromatic rings. The highest BCUT2D eigenvalue weighted by Crippen LogP contribution is 2.46. The summed E-state index contributed by atoms with van der Waals surface area (Å²) in [5.41, 5.74) is -0.223. The molecule has 214 valence electrons. The van der Waals surface area contributed by atoms with Crippen LogP contribution in [0.2, 0.25) is 0 Å². The summed E-state index contributed by atoms with van der Waals surface area (Å²) in [7, 11) is 0. The third-order valence-electron chi connectivity index (χ3n) is 8.14.